The lowest BCUT2D eigenvalue weighted by Crippen LogP contribution is -2.26. The molecule has 0 aliphatic carbocycles. The Balaban J connectivity index is 2.09. The Morgan fingerprint density at radius 3 is 2.38 bits per heavy atom. The van der Waals surface area contributed by atoms with Gasteiger partial charge in [0.05, 0.1) is 25.5 Å². The molecule has 0 aliphatic heterocycles. The summed E-state index contributed by atoms with van der Waals surface area (Å²) in [4.78, 5) is 24.5. The lowest BCUT2D eigenvalue weighted by atomic mass is 10.2. The molecule has 3 rings (SSSR count). The van der Waals surface area contributed by atoms with Gasteiger partial charge in [-0.2, -0.15) is 18.2 Å². The fourth-order valence-electron chi connectivity index (χ4n) is 2.68. The maximum atomic E-state index is 14.0. The zero-order valence-corrected chi connectivity index (χ0v) is 18.2. The molecule has 0 saturated heterocycles. The summed E-state index contributed by atoms with van der Waals surface area (Å²) in [5.41, 5.74) is -0.0134. The van der Waals surface area contributed by atoms with Gasteiger partial charge in [-0.1, -0.05) is 17.7 Å². The van der Waals surface area contributed by atoms with E-state index in [0.29, 0.717) is 11.8 Å². The normalized spacial score (nSPS) is 11.1. The minimum absolute atomic E-state index is 0.0277. The van der Waals surface area contributed by atoms with Gasteiger partial charge in [-0.15, -0.1) is 0 Å². The first-order valence-corrected chi connectivity index (χ1v) is 10.7. The molecular weight excluding hydrogens is 443 g/mol. The van der Waals surface area contributed by atoms with Crippen LogP contribution in [0.1, 0.15) is 23.0 Å². The van der Waals surface area contributed by atoms with E-state index in [-0.39, 0.29) is 12.4 Å². The van der Waals surface area contributed by atoms with E-state index in [2.05, 4.69) is 5.10 Å². The first kappa shape index (κ1) is 22.9. The van der Waals surface area contributed by atoms with Crippen LogP contribution >= 0.6 is 0 Å². The molecule has 3 aromatic rings. The number of aromatic nitrogens is 2. The number of ether oxygens (including phenoxy) is 2. The van der Waals surface area contributed by atoms with E-state index in [1.807, 2.05) is 6.92 Å². The minimum Gasteiger partial charge on any atom is -0.494 e. The van der Waals surface area contributed by atoms with Gasteiger partial charge >= 0.3 is 16.1 Å². The number of rotatable bonds is 7. The predicted molar refractivity (Wildman–Crippen MR) is 111 cm³/mol. The van der Waals surface area contributed by atoms with E-state index in [0.717, 1.165) is 28.4 Å². The standard InChI is InChI=1S/C21H19FN2O7S/c1-4-30-21(26)20-18(12-19(25)24(23-20)14-7-5-13(2)6-8-14)31-32(27,28)15-9-10-17(29-3)16(22)11-15/h5-12H,4H2,1-3H3. The average molecular weight is 462 g/mol. The molecule has 32 heavy (non-hydrogen) atoms. The van der Waals surface area contributed by atoms with Crippen LogP contribution in [0.4, 0.5) is 4.39 Å². The summed E-state index contributed by atoms with van der Waals surface area (Å²) in [5, 5.41) is 3.96. The summed E-state index contributed by atoms with van der Waals surface area (Å²) < 4.78 is 54.9. The van der Waals surface area contributed by atoms with E-state index in [9.17, 15) is 22.4 Å². The molecule has 0 N–H and O–H groups in total. The number of hydrogen-bond donors (Lipinski definition) is 0. The second kappa shape index (κ2) is 9.18. The van der Waals surface area contributed by atoms with Gasteiger partial charge in [0.2, 0.25) is 5.69 Å². The topological polar surface area (TPSA) is 114 Å². The average Bonchev–Trinajstić information content (AvgIpc) is 2.74. The lowest BCUT2D eigenvalue weighted by molar-refractivity contribution is 0.0515. The van der Waals surface area contributed by atoms with Crippen LogP contribution in [0.5, 0.6) is 11.5 Å². The quantitative estimate of drug-likeness (QED) is 0.389. The van der Waals surface area contributed by atoms with Crippen LogP contribution < -0.4 is 14.5 Å². The van der Waals surface area contributed by atoms with Gasteiger partial charge in [0, 0.05) is 0 Å². The highest BCUT2D eigenvalue weighted by Gasteiger charge is 2.26. The smallest absolute Gasteiger partial charge is 0.362 e. The summed E-state index contributed by atoms with van der Waals surface area (Å²) >= 11 is 0. The van der Waals surface area contributed by atoms with Gasteiger partial charge in [0.15, 0.2) is 17.3 Å². The molecule has 9 nitrogen and oxygen atoms in total. The van der Waals surface area contributed by atoms with Gasteiger partial charge in [-0.3, -0.25) is 4.79 Å². The van der Waals surface area contributed by atoms with Crippen LogP contribution in [0.3, 0.4) is 0 Å². The molecule has 1 heterocycles. The summed E-state index contributed by atoms with van der Waals surface area (Å²) in [5.74, 6) is -2.75. The molecule has 0 saturated carbocycles. The van der Waals surface area contributed by atoms with Gasteiger partial charge in [-0.05, 0) is 44.2 Å². The second-order valence-electron chi connectivity index (χ2n) is 6.50. The zero-order valence-electron chi connectivity index (χ0n) is 17.4. The Hall–Kier alpha value is -3.73. The summed E-state index contributed by atoms with van der Waals surface area (Å²) in [7, 11) is -3.40. The molecule has 0 radical (unpaired) electrons. The highest BCUT2D eigenvalue weighted by Crippen LogP contribution is 2.25. The van der Waals surface area contributed by atoms with Gasteiger partial charge < -0.3 is 13.7 Å². The number of methoxy groups -OCH3 is 1. The molecule has 2 aromatic carbocycles. The Morgan fingerprint density at radius 1 is 1.09 bits per heavy atom. The monoisotopic (exact) mass is 462 g/mol. The summed E-state index contributed by atoms with van der Waals surface area (Å²) in [6.07, 6.45) is 0. The number of halogens is 1. The van der Waals surface area contributed by atoms with Crippen molar-refractivity contribution in [1.29, 1.82) is 0 Å². The Labute approximate surface area is 183 Å². The summed E-state index contributed by atoms with van der Waals surface area (Å²) in [6, 6.07) is 10.3. The fourth-order valence-corrected chi connectivity index (χ4v) is 3.63. The van der Waals surface area contributed by atoms with Crippen LogP contribution in [0.2, 0.25) is 0 Å². The van der Waals surface area contributed by atoms with E-state index in [1.165, 1.54) is 7.11 Å². The molecule has 11 heteroatoms. The van der Waals surface area contributed by atoms with Crippen molar-refractivity contribution in [2.45, 2.75) is 18.7 Å². The molecule has 0 spiro atoms. The molecule has 0 aliphatic rings. The van der Waals surface area contributed by atoms with Crippen molar-refractivity contribution in [2.75, 3.05) is 13.7 Å². The first-order valence-electron chi connectivity index (χ1n) is 9.33. The Bertz CT molecular complexity index is 1320. The van der Waals surface area contributed by atoms with Gasteiger partial charge in [-0.25, -0.2) is 9.18 Å². The van der Waals surface area contributed by atoms with Crippen LogP contribution in [-0.4, -0.2) is 37.9 Å². The fraction of sp³-hybridized carbons (Fsp3) is 0.190. The SMILES string of the molecule is CCOC(=O)c1nn(-c2ccc(C)cc2)c(=O)cc1OS(=O)(=O)c1ccc(OC)c(F)c1. The maximum absolute atomic E-state index is 14.0. The molecule has 168 valence electrons. The van der Waals surface area contributed by atoms with Crippen molar-refractivity contribution in [2.24, 2.45) is 0 Å². The van der Waals surface area contributed by atoms with Crippen LogP contribution in [-0.2, 0) is 14.9 Å². The molecule has 0 atom stereocenters. The maximum Gasteiger partial charge on any atom is 0.362 e. The van der Waals surface area contributed by atoms with Crippen molar-refractivity contribution in [3.63, 3.8) is 0 Å². The van der Waals surface area contributed by atoms with Crippen molar-refractivity contribution in [3.8, 4) is 17.2 Å². The number of nitrogens with zero attached hydrogens (tertiary/aromatic N) is 2. The van der Waals surface area contributed by atoms with Crippen LogP contribution in [0.15, 0.2) is 58.2 Å². The molecule has 0 unspecified atom stereocenters. The summed E-state index contributed by atoms with van der Waals surface area (Å²) in [6.45, 7) is 3.37. The van der Waals surface area contributed by atoms with Crippen molar-refractivity contribution < 1.29 is 31.3 Å². The first-order chi connectivity index (χ1) is 15.2. The molecular formula is C21H19FN2O7S. The van der Waals surface area contributed by atoms with Gasteiger partial charge in [0.1, 0.15) is 4.90 Å². The number of benzene rings is 2. The van der Waals surface area contributed by atoms with Crippen molar-refractivity contribution >= 4 is 16.1 Å². The van der Waals surface area contributed by atoms with Crippen LogP contribution in [0.25, 0.3) is 5.69 Å². The van der Waals surface area contributed by atoms with E-state index in [1.54, 1.807) is 31.2 Å². The van der Waals surface area contributed by atoms with Gasteiger partial charge in [0.25, 0.3) is 5.56 Å². The predicted octanol–water partition coefficient (Wildman–Crippen LogP) is 2.63. The molecule has 0 amide bonds. The Morgan fingerprint density at radius 2 is 1.78 bits per heavy atom. The third kappa shape index (κ3) is 4.78. The largest absolute Gasteiger partial charge is 0.494 e. The van der Waals surface area contributed by atoms with Crippen molar-refractivity contribution in [3.05, 3.63) is 76.0 Å². The number of aryl methyl sites for hydroxylation is 1. The van der Waals surface area contributed by atoms with E-state index in [4.69, 9.17) is 13.7 Å². The number of esters is 1. The van der Waals surface area contributed by atoms with Crippen LogP contribution in [0, 0.1) is 12.7 Å². The lowest BCUT2D eigenvalue weighted by Gasteiger charge is -2.13. The van der Waals surface area contributed by atoms with E-state index < -0.39 is 43.8 Å². The number of carbonyl (C=O) groups is 1. The highest BCUT2D eigenvalue weighted by molar-refractivity contribution is 7.87. The van der Waals surface area contributed by atoms with E-state index >= 15 is 0 Å². The molecule has 0 fully saturated rings. The molecule has 1 aromatic heterocycles. The highest BCUT2D eigenvalue weighted by atomic mass is 32.2. The third-order valence-corrected chi connectivity index (χ3v) is 5.49. The Kier molecular flexibility index (Phi) is 6.58. The number of carbonyl (C=O) groups excluding carboxylic acids is 1. The minimum atomic E-state index is -4.62. The second-order valence-corrected chi connectivity index (χ2v) is 8.04. The third-order valence-electron chi connectivity index (χ3n) is 4.26. The molecule has 0 bridgehead atoms. The zero-order chi connectivity index (χ0) is 23.5. The van der Waals surface area contributed by atoms with Crippen molar-refractivity contribution in [1.82, 2.24) is 9.78 Å². The number of hydrogen-bond acceptors (Lipinski definition) is 8.